The molecule has 1 aliphatic carbocycles. The molecule has 0 spiro atoms. The lowest BCUT2D eigenvalue weighted by Crippen LogP contribution is -2.39. The highest BCUT2D eigenvalue weighted by Gasteiger charge is 2.21. The van der Waals surface area contributed by atoms with Gasteiger partial charge in [-0.05, 0) is 32.7 Å². The van der Waals surface area contributed by atoms with E-state index in [4.69, 9.17) is 0 Å². The summed E-state index contributed by atoms with van der Waals surface area (Å²) in [5, 5.41) is 7.48. The zero-order chi connectivity index (χ0) is 15.5. The first-order valence-corrected chi connectivity index (χ1v) is 8.76. The van der Waals surface area contributed by atoms with Crippen LogP contribution in [-0.4, -0.2) is 48.7 Å². The topological polar surface area (TPSA) is 79.3 Å². The standard InChI is InChI=1S/C13H25N5O2S/c1-11-12(9-15-18(11)3)10-16-21(19,20)17(2)8-4-7-14-13-5-6-13/h9,13-14,16H,4-8,10H2,1-3H3. The van der Waals surface area contributed by atoms with Crippen molar-refractivity contribution in [2.24, 2.45) is 7.05 Å². The van der Waals surface area contributed by atoms with E-state index < -0.39 is 10.2 Å². The second kappa shape index (κ2) is 6.87. The highest BCUT2D eigenvalue weighted by Crippen LogP contribution is 2.18. The fraction of sp³-hybridized carbons (Fsp3) is 0.769. The highest BCUT2D eigenvalue weighted by molar-refractivity contribution is 7.87. The first-order valence-electron chi connectivity index (χ1n) is 7.32. The number of hydrogen-bond acceptors (Lipinski definition) is 4. The molecule has 8 heteroatoms. The Kier molecular flexibility index (Phi) is 5.37. The predicted octanol–water partition coefficient (Wildman–Crippen LogP) is 0.137. The van der Waals surface area contributed by atoms with Crippen LogP contribution in [0.2, 0.25) is 0 Å². The van der Waals surface area contributed by atoms with E-state index in [0.717, 1.165) is 24.2 Å². The molecule has 0 aromatic carbocycles. The molecule has 2 rings (SSSR count). The number of aromatic nitrogens is 2. The van der Waals surface area contributed by atoms with Crippen molar-refractivity contribution in [3.63, 3.8) is 0 Å². The van der Waals surface area contributed by atoms with Gasteiger partial charge in [-0.2, -0.15) is 22.5 Å². The Balaban J connectivity index is 1.75. The molecular formula is C13H25N5O2S. The molecular weight excluding hydrogens is 290 g/mol. The summed E-state index contributed by atoms with van der Waals surface area (Å²) < 4.78 is 30.0. The molecule has 0 radical (unpaired) electrons. The molecule has 1 fully saturated rings. The van der Waals surface area contributed by atoms with Gasteiger partial charge in [0.2, 0.25) is 0 Å². The maximum absolute atomic E-state index is 12.1. The first kappa shape index (κ1) is 16.4. The summed E-state index contributed by atoms with van der Waals surface area (Å²) in [5.41, 5.74) is 1.86. The van der Waals surface area contributed by atoms with Crippen LogP contribution in [0.15, 0.2) is 6.20 Å². The number of nitrogens with one attached hydrogen (secondary N) is 2. The summed E-state index contributed by atoms with van der Waals surface area (Å²) in [4.78, 5) is 0. The van der Waals surface area contributed by atoms with Gasteiger partial charge < -0.3 is 5.32 Å². The van der Waals surface area contributed by atoms with Crippen LogP contribution in [0.4, 0.5) is 0 Å². The third kappa shape index (κ3) is 4.77. The number of rotatable bonds is 9. The molecule has 0 amide bonds. The van der Waals surface area contributed by atoms with Crippen molar-refractivity contribution in [3.05, 3.63) is 17.5 Å². The van der Waals surface area contributed by atoms with Crippen molar-refractivity contribution < 1.29 is 8.42 Å². The fourth-order valence-corrected chi connectivity index (χ4v) is 2.94. The quantitative estimate of drug-likeness (QED) is 0.635. The maximum atomic E-state index is 12.1. The van der Waals surface area contributed by atoms with Crippen LogP contribution in [-0.2, 0) is 23.8 Å². The smallest absolute Gasteiger partial charge is 0.279 e. The van der Waals surface area contributed by atoms with E-state index in [1.165, 1.54) is 17.1 Å². The monoisotopic (exact) mass is 315 g/mol. The molecule has 0 bridgehead atoms. The molecule has 1 aromatic rings. The lowest BCUT2D eigenvalue weighted by Gasteiger charge is -2.17. The minimum absolute atomic E-state index is 0.271. The second-order valence-corrected chi connectivity index (χ2v) is 7.47. The number of aryl methyl sites for hydroxylation is 1. The molecule has 0 unspecified atom stereocenters. The highest BCUT2D eigenvalue weighted by atomic mass is 32.2. The summed E-state index contributed by atoms with van der Waals surface area (Å²) in [6.45, 7) is 3.57. The SMILES string of the molecule is Cc1c(CNS(=O)(=O)N(C)CCCNC2CC2)cnn1C. The Bertz CT molecular complexity index is 565. The van der Waals surface area contributed by atoms with Crippen LogP contribution < -0.4 is 10.0 Å². The lowest BCUT2D eigenvalue weighted by molar-refractivity contribution is 0.444. The predicted molar refractivity (Wildman–Crippen MR) is 82.0 cm³/mol. The fourth-order valence-electron chi connectivity index (χ4n) is 2.01. The summed E-state index contributed by atoms with van der Waals surface area (Å²) in [6, 6.07) is 0.665. The van der Waals surface area contributed by atoms with Gasteiger partial charge >= 0.3 is 0 Å². The Hall–Kier alpha value is -0.960. The molecule has 120 valence electrons. The summed E-state index contributed by atoms with van der Waals surface area (Å²) >= 11 is 0. The van der Waals surface area contributed by atoms with Crippen LogP contribution >= 0.6 is 0 Å². The summed E-state index contributed by atoms with van der Waals surface area (Å²) in [6.07, 6.45) is 5.01. The lowest BCUT2D eigenvalue weighted by atomic mass is 10.3. The van der Waals surface area contributed by atoms with Gasteiger partial charge in [0.25, 0.3) is 10.2 Å². The average molecular weight is 315 g/mol. The molecule has 7 nitrogen and oxygen atoms in total. The molecule has 1 aliphatic rings. The van der Waals surface area contributed by atoms with Gasteiger partial charge in [-0.1, -0.05) is 0 Å². The third-order valence-electron chi connectivity index (χ3n) is 3.85. The third-order valence-corrected chi connectivity index (χ3v) is 5.36. The van der Waals surface area contributed by atoms with E-state index in [-0.39, 0.29) is 6.54 Å². The van der Waals surface area contributed by atoms with Crippen LogP contribution in [0.25, 0.3) is 0 Å². The molecule has 2 N–H and O–H groups in total. The van der Waals surface area contributed by atoms with Crippen molar-refractivity contribution in [2.75, 3.05) is 20.1 Å². The Morgan fingerprint density at radius 3 is 2.76 bits per heavy atom. The van der Waals surface area contributed by atoms with E-state index in [1.54, 1.807) is 17.9 Å². The van der Waals surface area contributed by atoms with Crippen molar-refractivity contribution in [3.8, 4) is 0 Å². The molecule has 1 heterocycles. The van der Waals surface area contributed by atoms with Crippen molar-refractivity contribution in [1.82, 2.24) is 24.1 Å². The van der Waals surface area contributed by atoms with E-state index in [9.17, 15) is 8.42 Å². The zero-order valence-electron chi connectivity index (χ0n) is 13.0. The van der Waals surface area contributed by atoms with Crippen LogP contribution in [0.5, 0.6) is 0 Å². The van der Waals surface area contributed by atoms with Gasteiger partial charge in [-0.15, -0.1) is 0 Å². The van der Waals surface area contributed by atoms with Gasteiger partial charge in [0.05, 0.1) is 6.20 Å². The van der Waals surface area contributed by atoms with Gasteiger partial charge in [0, 0.05) is 44.5 Å². The average Bonchev–Trinajstić information content (AvgIpc) is 3.21. The van der Waals surface area contributed by atoms with Gasteiger partial charge in [0.1, 0.15) is 0 Å². The normalized spacial score (nSPS) is 15.8. The zero-order valence-corrected chi connectivity index (χ0v) is 13.8. The van der Waals surface area contributed by atoms with Gasteiger partial charge in [-0.3, -0.25) is 4.68 Å². The largest absolute Gasteiger partial charge is 0.314 e. The van der Waals surface area contributed by atoms with Crippen LogP contribution in [0, 0.1) is 6.92 Å². The summed E-state index contributed by atoms with van der Waals surface area (Å²) in [5.74, 6) is 0. The van der Waals surface area contributed by atoms with E-state index in [2.05, 4.69) is 15.1 Å². The molecule has 1 saturated carbocycles. The van der Waals surface area contributed by atoms with Crippen LogP contribution in [0.1, 0.15) is 30.5 Å². The van der Waals surface area contributed by atoms with Crippen molar-refractivity contribution in [2.45, 2.75) is 38.8 Å². The Morgan fingerprint density at radius 1 is 1.48 bits per heavy atom. The Labute approximate surface area is 126 Å². The molecule has 0 atom stereocenters. The van der Waals surface area contributed by atoms with E-state index in [1.807, 2.05) is 14.0 Å². The van der Waals surface area contributed by atoms with Crippen LogP contribution in [0.3, 0.4) is 0 Å². The minimum atomic E-state index is -3.43. The first-order chi connectivity index (χ1) is 9.90. The molecule has 1 aromatic heterocycles. The minimum Gasteiger partial charge on any atom is -0.314 e. The van der Waals surface area contributed by atoms with Crippen molar-refractivity contribution in [1.29, 1.82) is 0 Å². The summed E-state index contributed by atoms with van der Waals surface area (Å²) in [7, 11) is 0.0138. The van der Waals surface area contributed by atoms with E-state index in [0.29, 0.717) is 12.6 Å². The number of hydrogen-bond donors (Lipinski definition) is 2. The maximum Gasteiger partial charge on any atom is 0.279 e. The van der Waals surface area contributed by atoms with Gasteiger partial charge in [0.15, 0.2) is 0 Å². The van der Waals surface area contributed by atoms with Gasteiger partial charge in [-0.25, -0.2) is 0 Å². The van der Waals surface area contributed by atoms with E-state index >= 15 is 0 Å². The molecule has 0 aliphatic heterocycles. The number of nitrogens with zero attached hydrogens (tertiary/aromatic N) is 3. The Morgan fingerprint density at radius 2 is 2.19 bits per heavy atom. The molecule has 21 heavy (non-hydrogen) atoms. The second-order valence-electron chi connectivity index (χ2n) is 5.61. The molecule has 0 saturated heterocycles. The van der Waals surface area contributed by atoms with Crippen molar-refractivity contribution >= 4 is 10.2 Å².